The Hall–Kier alpha value is -1.76. The molecule has 4 N–H and O–H groups in total. The minimum Gasteiger partial charge on any atom is -0.481 e. The summed E-state index contributed by atoms with van der Waals surface area (Å²) in [6, 6.07) is 9.42. The van der Waals surface area contributed by atoms with Crippen LogP contribution in [-0.4, -0.2) is 50.4 Å². The Morgan fingerprint density at radius 1 is 1.21 bits per heavy atom. The maximum Gasteiger partial charge on any atom is 0.303 e. The average Bonchev–Trinajstić information content (AvgIpc) is 3.10. The molecular formula is C22H31NO5. The largest absolute Gasteiger partial charge is 0.481 e. The highest BCUT2D eigenvalue weighted by Crippen LogP contribution is 2.66. The molecule has 28 heavy (non-hydrogen) atoms. The molecule has 3 unspecified atom stereocenters. The summed E-state index contributed by atoms with van der Waals surface area (Å²) in [6.45, 7) is 0. The van der Waals surface area contributed by atoms with Gasteiger partial charge in [0, 0.05) is 19.1 Å². The fraction of sp³-hybridized carbons (Fsp3) is 0.636. The third-order valence-electron chi connectivity index (χ3n) is 6.36. The van der Waals surface area contributed by atoms with E-state index in [0.717, 1.165) is 31.4 Å². The molecule has 2 saturated carbocycles. The van der Waals surface area contributed by atoms with Crippen LogP contribution in [0.2, 0.25) is 0 Å². The first-order chi connectivity index (χ1) is 13.4. The van der Waals surface area contributed by atoms with Gasteiger partial charge < -0.3 is 20.4 Å². The molecule has 0 bridgehead atoms. The molecule has 2 aliphatic carbocycles. The van der Waals surface area contributed by atoms with Gasteiger partial charge in [0.05, 0.1) is 23.5 Å². The molecule has 154 valence electrons. The first-order valence-corrected chi connectivity index (χ1v) is 10.3. The second-order valence-corrected chi connectivity index (χ2v) is 8.32. The van der Waals surface area contributed by atoms with Gasteiger partial charge in [0.25, 0.3) is 0 Å². The van der Waals surface area contributed by atoms with Gasteiger partial charge in [-0.15, -0.1) is 0 Å². The SMILES string of the molecule is O=C(O)CCCCCC[C@@H]1C2C(CC(O)/C=N/c3ccccc3)[C@]2(O)C[C@@H]1O. The molecule has 0 saturated heterocycles. The molecule has 6 nitrogen and oxygen atoms in total. The first kappa shape index (κ1) is 21.0. The molecule has 0 amide bonds. The highest BCUT2D eigenvalue weighted by atomic mass is 16.4. The van der Waals surface area contributed by atoms with Crippen molar-refractivity contribution in [3.8, 4) is 0 Å². The second-order valence-electron chi connectivity index (χ2n) is 8.32. The molecule has 3 rings (SSSR count). The van der Waals surface area contributed by atoms with Gasteiger partial charge in [-0.25, -0.2) is 0 Å². The van der Waals surface area contributed by atoms with Crippen molar-refractivity contribution in [2.24, 2.45) is 22.7 Å². The Morgan fingerprint density at radius 2 is 1.93 bits per heavy atom. The topological polar surface area (TPSA) is 110 Å². The zero-order valence-electron chi connectivity index (χ0n) is 16.2. The Bertz CT molecular complexity index is 679. The summed E-state index contributed by atoms with van der Waals surface area (Å²) in [4.78, 5) is 14.8. The number of rotatable bonds is 11. The summed E-state index contributed by atoms with van der Waals surface area (Å²) in [6.07, 6.45) is 5.65. The Kier molecular flexibility index (Phi) is 6.86. The lowest BCUT2D eigenvalue weighted by Gasteiger charge is -2.20. The molecule has 0 radical (unpaired) electrons. The molecule has 0 aliphatic heterocycles. The number of aliphatic imine (C=N–C) groups is 1. The van der Waals surface area contributed by atoms with Gasteiger partial charge in [0.15, 0.2) is 0 Å². The zero-order valence-corrected chi connectivity index (χ0v) is 16.2. The molecule has 2 fully saturated rings. The van der Waals surface area contributed by atoms with E-state index >= 15 is 0 Å². The van der Waals surface area contributed by atoms with Crippen LogP contribution in [0.25, 0.3) is 0 Å². The van der Waals surface area contributed by atoms with Crippen LogP contribution in [0.15, 0.2) is 35.3 Å². The van der Waals surface area contributed by atoms with Crippen molar-refractivity contribution >= 4 is 17.9 Å². The molecule has 6 heteroatoms. The van der Waals surface area contributed by atoms with Gasteiger partial charge >= 0.3 is 5.97 Å². The van der Waals surface area contributed by atoms with E-state index in [-0.39, 0.29) is 24.2 Å². The van der Waals surface area contributed by atoms with E-state index in [1.54, 1.807) is 0 Å². The molecule has 0 aromatic heterocycles. The van der Waals surface area contributed by atoms with Gasteiger partial charge in [-0.2, -0.15) is 0 Å². The number of carboxylic acids is 1. The predicted molar refractivity (Wildman–Crippen MR) is 107 cm³/mol. The van der Waals surface area contributed by atoms with Crippen molar-refractivity contribution in [1.29, 1.82) is 0 Å². The number of nitrogens with zero attached hydrogens (tertiary/aromatic N) is 1. The summed E-state index contributed by atoms with van der Waals surface area (Å²) >= 11 is 0. The van der Waals surface area contributed by atoms with E-state index in [1.165, 1.54) is 6.21 Å². The van der Waals surface area contributed by atoms with E-state index in [0.29, 0.717) is 19.3 Å². The molecule has 6 atom stereocenters. The maximum absolute atomic E-state index is 10.8. The van der Waals surface area contributed by atoms with Crippen LogP contribution in [0, 0.1) is 17.8 Å². The smallest absolute Gasteiger partial charge is 0.303 e. The van der Waals surface area contributed by atoms with Crippen molar-refractivity contribution in [2.75, 3.05) is 0 Å². The normalized spacial score (nSPS) is 32.4. The number of hydrogen-bond donors (Lipinski definition) is 4. The summed E-state index contributed by atoms with van der Waals surface area (Å²) in [5, 5.41) is 40.1. The summed E-state index contributed by atoms with van der Waals surface area (Å²) in [5.74, 6) is -0.648. The minimum atomic E-state index is -0.852. The third-order valence-corrected chi connectivity index (χ3v) is 6.36. The number of fused-ring (bicyclic) bond motifs is 1. The Labute approximate surface area is 165 Å². The molecule has 0 heterocycles. The minimum absolute atomic E-state index is 0.00475. The first-order valence-electron chi connectivity index (χ1n) is 10.3. The highest BCUT2D eigenvalue weighted by Gasteiger charge is 2.71. The van der Waals surface area contributed by atoms with Gasteiger partial charge in [0.2, 0.25) is 0 Å². The van der Waals surface area contributed by atoms with E-state index in [9.17, 15) is 20.1 Å². The fourth-order valence-electron chi connectivity index (χ4n) is 4.96. The van der Waals surface area contributed by atoms with E-state index < -0.39 is 23.8 Å². The van der Waals surface area contributed by atoms with Crippen LogP contribution >= 0.6 is 0 Å². The summed E-state index contributed by atoms with van der Waals surface area (Å²) < 4.78 is 0. The molecule has 1 aromatic carbocycles. The van der Waals surface area contributed by atoms with Crippen LogP contribution < -0.4 is 0 Å². The zero-order chi connectivity index (χ0) is 20.1. The van der Waals surface area contributed by atoms with Crippen LogP contribution in [-0.2, 0) is 4.79 Å². The number of carboxylic acid groups (broad SMARTS) is 1. The van der Waals surface area contributed by atoms with Crippen molar-refractivity contribution in [1.82, 2.24) is 0 Å². The van der Waals surface area contributed by atoms with Crippen molar-refractivity contribution in [3.63, 3.8) is 0 Å². The van der Waals surface area contributed by atoms with E-state index in [4.69, 9.17) is 5.11 Å². The van der Waals surface area contributed by atoms with Gasteiger partial charge in [-0.1, -0.05) is 37.5 Å². The number of aliphatic hydroxyl groups excluding tert-OH is 2. The maximum atomic E-state index is 10.8. The van der Waals surface area contributed by atoms with Crippen molar-refractivity contribution in [2.45, 2.75) is 69.2 Å². The second kappa shape index (κ2) is 9.16. The van der Waals surface area contributed by atoms with Crippen molar-refractivity contribution in [3.05, 3.63) is 30.3 Å². The standard InChI is InChI=1S/C22H31NO5/c24-16(14-23-15-8-4-3-5-9-15)12-18-21-17(19(25)13-22(18,21)28)10-6-1-2-7-11-20(26)27/h3-5,8-9,14,16-19,21,24-25,28H,1-2,6-7,10-13H2,(H,26,27)/b23-14+/t16?,17-,18?,19-,21?,22+/m0/s1. The Balaban J connectivity index is 1.44. The van der Waals surface area contributed by atoms with Crippen molar-refractivity contribution < 1.29 is 25.2 Å². The monoisotopic (exact) mass is 389 g/mol. The van der Waals surface area contributed by atoms with Gasteiger partial charge in [0.1, 0.15) is 0 Å². The van der Waals surface area contributed by atoms with Crippen LogP contribution in [0.4, 0.5) is 5.69 Å². The Morgan fingerprint density at radius 3 is 2.64 bits per heavy atom. The van der Waals surface area contributed by atoms with Gasteiger partial charge in [-0.3, -0.25) is 9.79 Å². The number of benzene rings is 1. The highest BCUT2D eigenvalue weighted by molar-refractivity contribution is 5.67. The number of aliphatic carboxylic acids is 1. The van der Waals surface area contributed by atoms with Crippen LogP contribution in [0.5, 0.6) is 0 Å². The summed E-state index contributed by atoms with van der Waals surface area (Å²) in [5.41, 5.74) is -0.0675. The number of hydrogen-bond acceptors (Lipinski definition) is 5. The number of aliphatic hydroxyl groups is 3. The molecule has 2 aliphatic rings. The van der Waals surface area contributed by atoms with Gasteiger partial charge in [-0.05, 0) is 49.1 Å². The lowest BCUT2D eigenvalue weighted by molar-refractivity contribution is -0.137. The lowest BCUT2D eigenvalue weighted by atomic mass is 9.90. The van der Waals surface area contributed by atoms with Crippen LogP contribution in [0.1, 0.15) is 51.4 Å². The number of para-hydroxylation sites is 1. The number of carbonyl (C=O) groups is 1. The molecule has 0 spiro atoms. The quantitative estimate of drug-likeness (QED) is 0.344. The fourth-order valence-corrected chi connectivity index (χ4v) is 4.96. The van der Waals surface area contributed by atoms with Crippen LogP contribution in [0.3, 0.4) is 0 Å². The van der Waals surface area contributed by atoms with E-state index in [2.05, 4.69) is 4.99 Å². The summed E-state index contributed by atoms with van der Waals surface area (Å²) in [7, 11) is 0. The lowest BCUT2D eigenvalue weighted by Crippen LogP contribution is -2.24. The number of unbranched alkanes of at least 4 members (excludes halogenated alkanes) is 3. The van der Waals surface area contributed by atoms with E-state index in [1.807, 2.05) is 30.3 Å². The third kappa shape index (κ3) is 4.99. The predicted octanol–water partition coefficient (Wildman–Crippen LogP) is 2.92. The molecular weight excluding hydrogens is 358 g/mol. The average molecular weight is 389 g/mol. The molecule has 1 aromatic rings.